The van der Waals surface area contributed by atoms with Crippen LogP contribution in [0, 0.1) is 5.92 Å². The summed E-state index contributed by atoms with van der Waals surface area (Å²) in [6, 6.07) is 0. The molecule has 0 spiro atoms. The Morgan fingerprint density at radius 2 is 2.06 bits per heavy atom. The molecule has 0 radical (unpaired) electrons. The number of aryl methyl sites for hydroxylation is 2. The van der Waals surface area contributed by atoms with Gasteiger partial charge in [0.25, 0.3) is 0 Å². The molecular weight excluding hydrogens is 245 g/mol. The first kappa shape index (κ1) is 15.0. The normalized spacial score (nSPS) is 12.4. The van der Waals surface area contributed by atoms with Gasteiger partial charge in [0.1, 0.15) is 0 Å². The molecule has 0 fully saturated rings. The van der Waals surface area contributed by atoms with Crippen LogP contribution in [-0.4, -0.2) is 21.5 Å². The third kappa shape index (κ3) is 4.33. The fourth-order valence-corrected chi connectivity index (χ4v) is 1.66. The van der Waals surface area contributed by atoms with E-state index in [9.17, 15) is 13.2 Å². The van der Waals surface area contributed by atoms with Gasteiger partial charge in [-0.15, -0.1) is 0 Å². The molecule has 0 saturated heterocycles. The van der Waals surface area contributed by atoms with Crippen molar-refractivity contribution in [1.29, 1.82) is 0 Å². The van der Waals surface area contributed by atoms with E-state index in [0.29, 0.717) is 18.9 Å². The van der Waals surface area contributed by atoms with E-state index >= 15 is 0 Å². The van der Waals surface area contributed by atoms with E-state index in [1.807, 2.05) is 13.8 Å². The number of alkyl halides is 3. The highest BCUT2D eigenvalue weighted by Crippen LogP contribution is 2.31. The second-order valence-corrected chi connectivity index (χ2v) is 4.77. The van der Waals surface area contributed by atoms with Gasteiger partial charge in [-0.3, -0.25) is 4.68 Å². The average Bonchev–Trinajstić information content (AvgIpc) is 2.66. The van der Waals surface area contributed by atoms with Crippen LogP contribution < -0.4 is 0 Å². The summed E-state index contributed by atoms with van der Waals surface area (Å²) < 4.78 is 39.6. The van der Waals surface area contributed by atoms with Gasteiger partial charge in [0.15, 0.2) is 5.69 Å². The molecule has 0 aliphatic heterocycles. The van der Waals surface area contributed by atoms with Gasteiger partial charge in [0, 0.05) is 24.9 Å². The van der Waals surface area contributed by atoms with E-state index in [1.165, 1.54) is 10.9 Å². The van der Waals surface area contributed by atoms with E-state index in [1.54, 1.807) is 0 Å². The van der Waals surface area contributed by atoms with E-state index in [-0.39, 0.29) is 18.6 Å². The van der Waals surface area contributed by atoms with Crippen molar-refractivity contribution in [3.63, 3.8) is 0 Å². The minimum atomic E-state index is -4.42. The van der Waals surface area contributed by atoms with Crippen molar-refractivity contribution in [2.75, 3.05) is 6.61 Å². The van der Waals surface area contributed by atoms with Crippen LogP contribution in [-0.2, 0) is 19.1 Å². The number of aromatic nitrogens is 2. The number of aliphatic hydroxyl groups is 1. The van der Waals surface area contributed by atoms with Crippen molar-refractivity contribution < 1.29 is 18.3 Å². The van der Waals surface area contributed by atoms with Crippen molar-refractivity contribution in [3.05, 3.63) is 17.5 Å². The number of aliphatic hydroxyl groups excluding tert-OH is 1. The number of rotatable bonds is 6. The largest absolute Gasteiger partial charge is 0.435 e. The molecule has 1 aromatic rings. The minimum absolute atomic E-state index is 0.117. The first-order valence-electron chi connectivity index (χ1n) is 6.09. The lowest BCUT2D eigenvalue weighted by atomic mass is 10.1. The number of nitrogens with zero attached hydrogens (tertiary/aromatic N) is 2. The number of hydrogen-bond acceptors (Lipinski definition) is 2. The molecule has 0 aromatic carbocycles. The maximum Gasteiger partial charge on any atom is 0.435 e. The highest BCUT2D eigenvalue weighted by Gasteiger charge is 2.36. The maximum atomic E-state index is 12.7. The fourth-order valence-electron chi connectivity index (χ4n) is 1.66. The van der Waals surface area contributed by atoms with Crippen LogP contribution in [0.4, 0.5) is 13.2 Å². The Hall–Kier alpha value is -1.04. The Bertz CT molecular complexity index is 372. The summed E-state index contributed by atoms with van der Waals surface area (Å²) in [5, 5.41) is 12.3. The van der Waals surface area contributed by atoms with Crippen LogP contribution in [0.1, 0.15) is 37.9 Å². The van der Waals surface area contributed by atoms with Crippen molar-refractivity contribution in [3.8, 4) is 0 Å². The molecular formula is C12H19F3N2O. The van der Waals surface area contributed by atoms with Gasteiger partial charge < -0.3 is 5.11 Å². The molecule has 1 N–H and O–H groups in total. The summed E-state index contributed by atoms with van der Waals surface area (Å²) in [5.74, 6) is 0.421. The topological polar surface area (TPSA) is 38.0 Å². The maximum absolute atomic E-state index is 12.7. The first-order valence-corrected chi connectivity index (χ1v) is 6.09. The van der Waals surface area contributed by atoms with Crippen molar-refractivity contribution in [2.24, 2.45) is 5.92 Å². The Labute approximate surface area is 105 Å². The van der Waals surface area contributed by atoms with Crippen LogP contribution in [0.15, 0.2) is 6.20 Å². The monoisotopic (exact) mass is 264 g/mol. The Morgan fingerprint density at radius 3 is 2.56 bits per heavy atom. The highest BCUT2D eigenvalue weighted by atomic mass is 19.4. The lowest BCUT2D eigenvalue weighted by Gasteiger charge is -2.05. The van der Waals surface area contributed by atoms with Gasteiger partial charge in [-0.05, 0) is 25.2 Å². The first-order chi connectivity index (χ1) is 8.34. The summed E-state index contributed by atoms with van der Waals surface area (Å²) in [4.78, 5) is 0. The van der Waals surface area contributed by atoms with Crippen LogP contribution in [0.3, 0.4) is 0 Å². The molecule has 18 heavy (non-hydrogen) atoms. The zero-order valence-corrected chi connectivity index (χ0v) is 10.7. The molecule has 1 aromatic heterocycles. The molecule has 6 heteroatoms. The van der Waals surface area contributed by atoms with Gasteiger partial charge in [0.05, 0.1) is 0 Å². The zero-order valence-electron chi connectivity index (χ0n) is 10.7. The predicted octanol–water partition coefficient (Wildman–Crippen LogP) is 2.87. The minimum Gasteiger partial charge on any atom is -0.396 e. The van der Waals surface area contributed by atoms with E-state index < -0.39 is 11.9 Å². The number of halogens is 3. The van der Waals surface area contributed by atoms with Gasteiger partial charge >= 0.3 is 6.18 Å². The second kappa shape index (κ2) is 6.22. The zero-order chi connectivity index (χ0) is 13.8. The van der Waals surface area contributed by atoms with Crippen molar-refractivity contribution in [2.45, 2.75) is 45.8 Å². The van der Waals surface area contributed by atoms with Gasteiger partial charge in [-0.25, -0.2) is 0 Å². The van der Waals surface area contributed by atoms with Gasteiger partial charge in [0.2, 0.25) is 0 Å². The summed E-state index contributed by atoms with van der Waals surface area (Å²) in [6.45, 7) is 4.40. The molecule has 0 saturated carbocycles. The molecule has 104 valence electrons. The lowest BCUT2D eigenvalue weighted by Crippen LogP contribution is -2.10. The molecule has 0 amide bonds. The molecule has 1 heterocycles. The molecule has 0 unspecified atom stereocenters. The fraction of sp³-hybridized carbons (Fsp3) is 0.750. The van der Waals surface area contributed by atoms with Crippen molar-refractivity contribution in [1.82, 2.24) is 9.78 Å². The van der Waals surface area contributed by atoms with Crippen LogP contribution >= 0.6 is 0 Å². The Balaban J connectivity index is 2.85. The van der Waals surface area contributed by atoms with Crippen LogP contribution in [0.5, 0.6) is 0 Å². The van der Waals surface area contributed by atoms with E-state index in [2.05, 4.69) is 5.10 Å². The Morgan fingerprint density at radius 1 is 1.39 bits per heavy atom. The SMILES string of the molecule is CC(C)CCn1cc(CCCO)c(C(F)(F)F)n1. The summed E-state index contributed by atoms with van der Waals surface area (Å²) in [5.41, 5.74) is -0.653. The number of hydrogen-bond donors (Lipinski definition) is 1. The molecule has 0 bridgehead atoms. The lowest BCUT2D eigenvalue weighted by molar-refractivity contribution is -0.142. The summed E-state index contributed by atoms with van der Waals surface area (Å²) in [6.07, 6.45) is -1.67. The summed E-state index contributed by atoms with van der Waals surface area (Å²) in [7, 11) is 0. The van der Waals surface area contributed by atoms with Crippen LogP contribution in [0.25, 0.3) is 0 Å². The molecule has 1 rings (SSSR count). The highest BCUT2D eigenvalue weighted by molar-refractivity contribution is 5.20. The third-order valence-corrected chi connectivity index (χ3v) is 2.65. The van der Waals surface area contributed by atoms with E-state index in [0.717, 1.165) is 6.42 Å². The van der Waals surface area contributed by atoms with Gasteiger partial charge in [-0.1, -0.05) is 13.8 Å². The molecule has 0 atom stereocenters. The quantitative estimate of drug-likeness (QED) is 0.858. The smallest absolute Gasteiger partial charge is 0.396 e. The summed E-state index contributed by atoms with van der Waals surface area (Å²) >= 11 is 0. The second-order valence-electron chi connectivity index (χ2n) is 4.77. The standard InChI is InChI=1S/C12H19F3N2O/c1-9(2)5-6-17-8-10(4-3-7-18)11(16-17)12(13,14)15/h8-9,18H,3-7H2,1-2H3. The third-order valence-electron chi connectivity index (χ3n) is 2.65. The van der Waals surface area contributed by atoms with Crippen molar-refractivity contribution >= 4 is 0 Å². The van der Waals surface area contributed by atoms with E-state index in [4.69, 9.17) is 5.11 Å². The van der Waals surface area contributed by atoms with Gasteiger partial charge in [-0.2, -0.15) is 18.3 Å². The molecule has 3 nitrogen and oxygen atoms in total. The molecule has 0 aliphatic carbocycles. The van der Waals surface area contributed by atoms with Crippen LogP contribution in [0.2, 0.25) is 0 Å². The molecule has 0 aliphatic rings. The predicted molar refractivity (Wildman–Crippen MR) is 62.1 cm³/mol. The Kier molecular flexibility index (Phi) is 5.19. The average molecular weight is 264 g/mol.